The smallest absolute Gasteiger partial charge is 0.304 e. The molecule has 0 radical (unpaired) electrons. The van der Waals surface area contributed by atoms with Crippen LogP contribution in [-0.4, -0.2) is 71.1 Å². The van der Waals surface area contributed by atoms with Gasteiger partial charge < -0.3 is 10.0 Å². The second kappa shape index (κ2) is 6.07. The van der Waals surface area contributed by atoms with Crippen LogP contribution in [0, 0.1) is 0 Å². The van der Waals surface area contributed by atoms with Gasteiger partial charge in [-0.25, -0.2) is 0 Å². The molecule has 0 bridgehead atoms. The molecule has 2 fully saturated rings. The van der Waals surface area contributed by atoms with Crippen LogP contribution >= 0.6 is 11.8 Å². The van der Waals surface area contributed by atoms with Crippen molar-refractivity contribution in [2.24, 2.45) is 0 Å². The first-order chi connectivity index (χ1) is 8.16. The summed E-state index contributed by atoms with van der Waals surface area (Å²) >= 11 is 1.90. The number of aliphatic carboxylic acids is 1. The maximum Gasteiger partial charge on any atom is 0.304 e. The number of hydrogen-bond acceptors (Lipinski definition) is 4. The highest BCUT2D eigenvalue weighted by Crippen LogP contribution is 2.25. The highest BCUT2D eigenvalue weighted by Gasteiger charge is 2.31. The summed E-state index contributed by atoms with van der Waals surface area (Å²) in [6, 6.07) is 0.858. The molecular formula is C12H22N2O2S. The van der Waals surface area contributed by atoms with Crippen molar-refractivity contribution in [2.75, 3.05) is 38.2 Å². The van der Waals surface area contributed by atoms with Crippen LogP contribution in [0.3, 0.4) is 0 Å². The van der Waals surface area contributed by atoms with Gasteiger partial charge in [-0.3, -0.25) is 9.69 Å². The van der Waals surface area contributed by atoms with E-state index >= 15 is 0 Å². The van der Waals surface area contributed by atoms with Gasteiger partial charge in [0.15, 0.2) is 0 Å². The van der Waals surface area contributed by atoms with Crippen LogP contribution in [0.25, 0.3) is 0 Å². The Bertz CT molecular complexity index is 267. The van der Waals surface area contributed by atoms with Gasteiger partial charge in [0.2, 0.25) is 0 Å². The van der Waals surface area contributed by atoms with E-state index in [0.29, 0.717) is 12.5 Å². The number of piperidine rings is 1. The van der Waals surface area contributed by atoms with E-state index in [1.165, 1.54) is 12.8 Å². The lowest BCUT2D eigenvalue weighted by molar-refractivity contribution is -0.138. The molecule has 0 aliphatic carbocycles. The zero-order valence-corrected chi connectivity index (χ0v) is 11.3. The number of carbonyl (C=O) groups is 1. The molecule has 1 unspecified atom stereocenters. The van der Waals surface area contributed by atoms with E-state index in [-0.39, 0.29) is 6.04 Å². The van der Waals surface area contributed by atoms with Crippen LogP contribution in [0.4, 0.5) is 0 Å². The van der Waals surface area contributed by atoms with E-state index in [9.17, 15) is 4.79 Å². The summed E-state index contributed by atoms with van der Waals surface area (Å²) < 4.78 is 0. The first kappa shape index (κ1) is 13.2. The highest BCUT2D eigenvalue weighted by molar-refractivity contribution is 7.99. The van der Waals surface area contributed by atoms with Crippen molar-refractivity contribution in [3.05, 3.63) is 0 Å². The molecule has 5 heteroatoms. The second-order valence-electron chi connectivity index (χ2n) is 5.10. The van der Waals surface area contributed by atoms with Crippen molar-refractivity contribution in [3.8, 4) is 0 Å². The Morgan fingerprint density at radius 3 is 2.71 bits per heavy atom. The van der Waals surface area contributed by atoms with E-state index in [1.54, 1.807) is 0 Å². The third-order valence-electron chi connectivity index (χ3n) is 3.84. The van der Waals surface area contributed by atoms with E-state index in [4.69, 9.17) is 5.11 Å². The molecule has 1 atom stereocenters. The quantitative estimate of drug-likeness (QED) is 0.817. The normalized spacial score (nSPS) is 29.4. The maximum absolute atomic E-state index is 10.9. The van der Waals surface area contributed by atoms with Crippen molar-refractivity contribution < 1.29 is 9.90 Å². The Morgan fingerprint density at radius 2 is 2.06 bits per heavy atom. The predicted octanol–water partition coefficient (Wildman–Crippen LogP) is 0.973. The molecule has 2 aliphatic heterocycles. The molecule has 0 spiro atoms. The molecule has 0 saturated carbocycles. The summed E-state index contributed by atoms with van der Waals surface area (Å²) in [5.74, 6) is 1.48. The lowest BCUT2D eigenvalue weighted by atomic mass is 10.0. The van der Waals surface area contributed by atoms with Crippen LogP contribution in [0.15, 0.2) is 0 Å². The fourth-order valence-corrected chi connectivity index (χ4v) is 3.94. The summed E-state index contributed by atoms with van der Waals surface area (Å²) in [7, 11) is 2.16. The summed E-state index contributed by atoms with van der Waals surface area (Å²) in [4.78, 5) is 15.7. The van der Waals surface area contributed by atoms with Crippen molar-refractivity contribution in [1.82, 2.24) is 9.80 Å². The summed E-state index contributed by atoms with van der Waals surface area (Å²) in [5, 5.41) is 8.98. The first-order valence-corrected chi connectivity index (χ1v) is 7.56. The average molecular weight is 258 g/mol. The SMILES string of the molecule is CN1CCC(N2CCSCC2CC(=O)O)CC1. The minimum atomic E-state index is -0.657. The second-order valence-corrected chi connectivity index (χ2v) is 6.25. The molecule has 0 aromatic rings. The molecule has 1 N–H and O–H groups in total. The van der Waals surface area contributed by atoms with Crippen LogP contribution in [0.1, 0.15) is 19.3 Å². The van der Waals surface area contributed by atoms with Gasteiger partial charge in [-0.05, 0) is 33.0 Å². The Kier molecular flexibility index (Phi) is 4.70. The average Bonchev–Trinajstić information content (AvgIpc) is 2.30. The molecule has 0 aromatic heterocycles. The van der Waals surface area contributed by atoms with E-state index in [2.05, 4.69) is 16.8 Å². The van der Waals surface area contributed by atoms with Crippen molar-refractivity contribution in [1.29, 1.82) is 0 Å². The third-order valence-corrected chi connectivity index (χ3v) is 4.93. The van der Waals surface area contributed by atoms with Crippen molar-refractivity contribution in [2.45, 2.75) is 31.3 Å². The lowest BCUT2D eigenvalue weighted by Gasteiger charge is -2.43. The monoisotopic (exact) mass is 258 g/mol. The summed E-state index contributed by atoms with van der Waals surface area (Å²) in [6.07, 6.45) is 2.69. The zero-order chi connectivity index (χ0) is 12.3. The molecular weight excluding hydrogens is 236 g/mol. The van der Waals surface area contributed by atoms with E-state index in [1.807, 2.05) is 11.8 Å². The number of hydrogen-bond donors (Lipinski definition) is 1. The minimum Gasteiger partial charge on any atom is -0.481 e. The van der Waals surface area contributed by atoms with Crippen molar-refractivity contribution >= 4 is 17.7 Å². The molecule has 0 amide bonds. The van der Waals surface area contributed by atoms with Gasteiger partial charge in [0, 0.05) is 30.1 Å². The third kappa shape index (κ3) is 3.60. The molecule has 17 heavy (non-hydrogen) atoms. The number of carboxylic acid groups (broad SMARTS) is 1. The molecule has 2 saturated heterocycles. The fourth-order valence-electron chi connectivity index (χ4n) is 2.85. The topological polar surface area (TPSA) is 43.8 Å². The molecule has 2 rings (SSSR count). The van der Waals surface area contributed by atoms with Gasteiger partial charge in [0.1, 0.15) is 0 Å². The molecule has 2 heterocycles. The van der Waals surface area contributed by atoms with Crippen LogP contribution < -0.4 is 0 Å². The van der Waals surface area contributed by atoms with Crippen molar-refractivity contribution in [3.63, 3.8) is 0 Å². The van der Waals surface area contributed by atoms with Gasteiger partial charge >= 0.3 is 5.97 Å². The zero-order valence-electron chi connectivity index (χ0n) is 10.5. The number of likely N-dealkylation sites (tertiary alicyclic amines) is 1. The Balaban J connectivity index is 1.93. The van der Waals surface area contributed by atoms with Crippen LogP contribution in [-0.2, 0) is 4.79 Å². The molecule has 0 aromatic carbocycles. The highest BCUT2D eigenvalue weighted by atomic mass is 32.2. The van der Waals surface area contributed by atoms with Gasteiger partial charge in [0.25, 0.3) is 0 Å². The number of thioether (sulfide) groups is 1. The number of nitrogens with zero attached hydrogens (tertiary/aromatic N) is 2. The van der Waals surface area contributed by atoms with E-state index in [0.717, 1.165) is 31.1 Å². The van der Waals surface area contributed by atoms with Gasteiger partial charge in [-0.15, -0.1) is 0 Å². The molecule has 98 valence electrons. The Morgan fingerprint density at radius 1 is 1.35 bits per heavy atom. The molecule has 4 nitrogen and oxygen atoms in total. The van der Waals surface area contributed by atoms with Gasteiger partial charge in [0.05, 0.1) is 6.42 Å². The Hall–Kier alpha value is -0.260. The number of carboxylic acids is 1. The number of rotatable bonds is 3. The van der Waals surface area contributed by atoms with Crippen LogP contribution in [0.2, 0.25) is 0 Å². The lowest BCUT2D eigenvalue weighted by Crippen LogP contribution is -2.52. The summed E-state index contributed by atoms with van der Waals surface area (Å²) in [6.45, 7) is 3.36. The minimum absolute atomic E-state index is 0.250. The molecule has 2 aliphatic rings. The Labute approximate surface area is 107 Å². The summed E-state index contributed by atoms with van der Waals surface area (Å²) in [5.41, 5.74) is 0. The largest absolute Gasteiger partial charge is 0.481 e. The fraction of sp³-hybridized carbons (Fsp3) is 0.917. The van der Waals surface area contributed by atoms with Crippen LogP contribution in [0.5, 0.6) is 0 Å². The van der Waals surface area contributed by atoms with E-state index < -0.39 is 5.97 Å². The predicted molar refractivity (Wildman–Crippen MR) is 70.6 cm³/mol. The first-order valence-electron chi connectivity index (χ1n) is 6.40. The maximum atomic E-state index is 10.9. The van der Waals surface area contributed by atoms with Gasteiger partial charge in [-0.2, -0.15) is 11.8 Å². The standard InChI is InChI=1S/C12H22N2O2S/c1-13-4-2-10(3-5-13)14-6-7-17-9-11(14)8-12(15)16/h10-11H,2-9H2,1H3,(H,15,16). The van der Waals surface area contributed by atoms with Gasteiger partial charge in [-0.1, -0.05) is 0 Å².